The summed E-state index contributed by atoms with van der Waals surface area (Å²) in [6, 6.07) is 14.3. The summed E-state index contributed by atoms with van der Waals surface area (Å²) in [5, 5.41) is 13.6. The van der Waals surface area contributed by atoms with Crippen LogP contribution >= 0.6 is 11.6 Å². The molecule has 0 spiro atoms. The molecule has 4 rings (SSSR count). The lowest BCUT2D eigenvalue weighted by Gasteiger charge is -2.32. The van der Waals surface area contributed by atoms with Crippen LogP contribution in [-0.2, 0) is 5.41 Å². The predicted octanol–water partition coefficient (Wildman–Crippen LogP) is 5.52. The minimum Gasteiger partial charge on any atom is -0.504 e. The molecule has 0 unspecified atom stereocenters. The summed E-state index contributed by atoms with van der Waals surface area (Å²) in [5.41, 5.74) is 2.80. The molecule has 1 aliphatic heterocycles. The normalized spacial score (nSPS) is 13.4. The first-order chi connectivity index (χ1) is 14.7. The Morgan fingerprint density at radius 3 is 2.61 bits per heavy atom. The molecule has 0 saturated heterocycles. The Kier molecular flexibility index (Phi) is 5.50. The Bertz CT molecular complexity index is 1120. The van der Waals surface area contributed by atoms with Gasteiger partial charge in [-0.2, -0.15) is 0 Å². The van der Waals surface area contributed by atoms with E-state index in [-0.39, 0.29) is 17.1 Å². The van der Waals surface area contributed by atoms with Gasteiger partial charge in [-0.15, -0.1) is 0 Å². The Morgan fingerprint density at radius 2 is 1.94 bits per heavy atom. The Balaban J connectivity index is 1.67. The van der Waals surface area contributed by atoms with Gasteiger partial charge in [0, 0.05) is 16.9 Å². The van der Waals surface area contributed by atoms with Crippen LogP contribution in [0.5, 0.6) is 11.5 Å². The number of aromatic hydroxyl groups is 1. The third-order valence-electron chi connectivity index (χ3n) is 5.16. The van der Waals surface area contributed by atoms with Crippen LogP contribution in [0.25, 0.3) is 0 Å². The van der Waals surface area contributed by atoms with Crippen LogP contribution in [0.1, 0.15) is 36.7 Å². The minimum atomic E-state index is -0.325. The van der Waals surface area contributed by atoms with Gasteiger partial charge in [-0.05, 0) is 47.4 Å². The molecule has 0 bridgehead atoms. The van der Waals surface area contributed by atoms with E-state index in [0.29, 0.717) is 46.7 Å². The lowest BCUT2D eigenvalue weighted by atomic mass is 9.87. The molecule has 1 aliphatic rings. The monoisotopic (exact) mass is 437 g/mol. The standard InChI is InChI=1S/C24H24ClN3O3/c1-24(2,3)15-6-8-17(9-7-15)27-23(30)18-13-16(25)14-19-21(18)31-12-11-28(19)22-20(29)5-4-10-26-22/h4-10,13-14,29H,11-12H2,1-3H3,(H,27,30). The molecule has 0 aliphatic carbocycles. The van der Waals surface area contributed by atoms with Gasteiger partial charge in [0.15, 0.2) is 17.3 Å². The number of rotatable bonds is 3. The van der Waals surface area contributed by atoms with Crippen LogP contribution in [0.2, 0.25) is 5.02 Å². The number of hydrogen-bond acceptors (Lipinski definition) is 5. The maximum absolute atomic E-state index is 13.1. The molecule has 2 heterocycles. The molecule has 1 amide bonds. The zero-order valence-corrected chi connectivity index (χ0v) is 18.4. The minimum absolute atomic E-state index is 0.0307. The summed E-state index contributed by atoms with van der Waals surface area (Å²) in [5.74, 6) is 0.512. The largest absolute Gasteiger partial charge is 0.504 e. The van der Waals surface area contributed by atoms with Crippen molar-refractivity contribution in [2.75, 3.05) is 23.4 Å². The van der Waals surface area contributed by atoms with Crippen LogP contribution in [-0.4, -0.2) is 29.1 Å². The molecule has 2 N–H and O–H groups in total. The van der Waals surface area contributed by atoms with E-state index in [2.05, 4.69) is 31.1 Å². The van der Waals surface area contributed by atoms with Crippen molar-refractivity contribution < 1.29 is 14.6 Å². The first-order valence-electron chi connectivity index (χ1n) is 10.0. The summed E-state index contributed by atoms with van der Waals surface area (Å²) < 4.78 is 5.85. The fourth-order valence-electron chi connectivity index (χ4n) is 3.53. The predicted molar refractivity (Wildman–Crippen MR) is 123 cm³/mol. The number of halogens is 1. The van der Waals surface area contributed by atoms with E-state index in [1.54, 1.807) is 35.4 Å². The van der Waals surface area contributed by atoms with Gasteiger partial charge in [0.2, 0.25) is 0 Å². The molecule has 3 aromatic rings. The second-order valence-electron chi connectivity index (χ2n) is 8.43. The number of pyridine rings is 1. The topological polar surface area (TPSA) is 74.7 Å². The Morgan fingerprint density at radius 1 is 1.19 bits per heavy atom. The summed E-state index contributed by atoms with van der Waals surface area (Å²) >= 11 is 6.35. The van der Waals surface area contributed by atoms with E-state index in [0.717, 1.165) is 0 Å². The summed E-state index contributed by atoms with van der Waals surface area (Å²) in [6.45, 7) is 7.22. The van der Waals surface area contributed by atoms with Gasteiger partial charge in [0.05, 0.1) is 17.8 Å². The van der Waals surface area contributed by atoms with Crippen LogP contribution in [0, 0.1) is 0 Å². The summed E-state index contributed by atoms with van der Waals surface area (Å²) in [7, 11) is 0. The summed E-state index contributed by atoms with van der Waals surface area (Å²) in [4.78, 5) is 19.2. The van der Waals surface area contributed by atoms with Crippen LogP contribution in [0.3, 0.4) is 0 Å². The van der Waals surface area contributed by atoms with E-state index < -0.39 is 0 Å². The van der Waals surface area contributed by atoms with Crippen molar-refractivity contribution >= 4 is 34.7 Å². The fourth-order valence-corrected chi connectivity index (χ4v) is 3.74. The van der Waals surface area contributed by atoms with Crippen LogP contribution < -0.4 is 15.0 Å². The van der Waals surface area contributed by atoms with Gasteiger partial charge in [-0.25, -0.2) is 4.98 Å². The molecule has 0 saturated carbocycles. The van der Waals surface area contributed by atoms with Gasteiger partial charge in [-0.3, -0.25) is 4.79 Å². The van der Waals surface area contributed by atoms with Crippen molar-refractivity contribution in [3.8, 4) is 11.5 Å². The average molecular weight is 438 g/mol. The van der Waals surface area contributed by atoms with Crippen molar-refractivity contribution in [3.63, 3.8) is 0 Å². The van der Waals surface area contributed by atoms with Gasteiger partial charge < -0.3 is 20.1 Å². The zero-order valence-electron chi connectivity index (χ0n) is 17.6. The first-order valence-corrected chi connectivity index (χ1v) is 10.4. The lowest BCUT2D eigenvalue weighted by molar-refractivity contribution is 0.102. The van der Waals surface area contributed by atoms with E-state index in [1.165, 1.54) is 5.56 Å². The molecule has 6 nitrogen and oxygen atoms in total. The van der Waals surface area contributed by atoms with E-state index in [1.807, 2.05) is 24.3 Å². The number of carbonyl (C=O) groups excluding carboxylic acids is 1. The number of hydrogen-bond donors (Lipinski definition) is 2. The highest BCUT2D eigenvalue weighted by Gasteiger charge is 2.28. The van der Waals surface area contributed by atoms with Crippen molar-refractivity contribution in [1.29, 1.82) is 0 Å². The van der Waals surface area contributed by atoms with Crippen molar-refractivity contribution in [2.45, 2.75) is 26.2 Å². The highest BCUT2D eigenvalue weighted by molar-refractivity contribution is 6.31. The molecule has 0 fully saturated rings. The SMILES string of the molecule is CC(C)(C)c1ccc(NC(=O)c2cc(Cl)cc3c2OCCN3c2ncccc2O)cc1. The quantitative estimate of drug-likeness (QED) is 0.564. The first kappa shape index (κ1) is 21.0. The van der Waals surface area contributed by atoms with Crippen molar-refractivity contribution in [2.24, 2.45) is 0 Å². The van der Waals surface area contributed by atoms with E-state index in [9.17, 15) is 9.90 Å². The number of amides is 1. The third-order valence-corrected chi connectivity index (χ3v) is 5.38. The summed E-state index contributed by atoms with van der Waals surface area (Å²) in [6.07, 6.45) is 1.60. The highest BCUT2D eigenvalue weighted by Crippen LogP contribution is 2.43. The number of fused-ring (bicyclic) bond motifs is 1. The smallest absolute Gasteiger partial charge is 0.259 e. The average Bonchev–Trinajstić information content (AvgIpc) is 2.73. The number of benzene rings is 2. The highest BCUT2D eigenvalue weighted by atomic mass is 35.5. The molecule has 2 aromatic carbocycles. The number of carbonyl (C=O) groups is 1. The maximum Gasteiger partial charge on any atom is 0.259 e. The van der Waals surface area contributed by atoms with Crippen LogP contribution in [0.4, 0.5) is 17.2 Å². The maximum atomic E-state index is 13.1. The molecule has 0 atom stereocenters. The van der Waals surface area contributed by atoms with Gasteiger partial charge in [0.25, 0.3) is 5.91 Å². The number of nitrogens with one attached hydrogen (secondary N) is 1. The zero-order chi connectivity index (χ0) is 22.2. The van der Waals surface area contributed by atoms with Gasteiger partial charge >= 0.3 is 0 Å². The molecule has 7 heteroatoms. The van der Waals surface area contributed by atoms with Gasteiger partial charge in [0.1, 0.15) is 6.61 Å². The molecule has 0 radical (unpaired) electrons. The second kappa shape index (κ2) is 8.12. The molecular weight excluding hydrogens is 414 g/mol. The molecular formula is C24H24ClN3O3. The number of ether oxygens (including phenoxy) is 1. The number of anilines is 3. The second-order valence-corrected chi connectivity index (χ2v) is 8.87. The van der Waals surface area contributed by atoms with Crippen molar-refractivity contribution in [3.05, 3.63) is 70.9 Å². The number of nitrogens with zero attached hydrogens (tertiary/aromatic N) is 2. The Labute approximate surface area is 186 Å². The van der Waals surface area contributed by atoms with E-state index >= 15 is 0 Å². The van der Waals surface area contributed by atoms with Crippen LogP contribution in [0.15, 0.2) is 54.7 Å². The van der Waals surface area contributed by atoms with Gasteiger partial charge in [-0.1, -0.05) is 44.5 Å². The fraction of sp³-hybridized carbons (Fsp3) is 0.250. The van der Waals surface area contributed by atoms with E-state index in [4.69, 9.17) is 16.3 Å². The molecule has 160 valence electrons. The molecule has 1 aromatic heterocycles. The van der Waals surface area contributed by atoms with Crippen molar-refractivity contribution in [1.82, 2.24) is 4.98 Å². The lowest BCUT2D eigenvalue weighted by Crippen LogP contribution is -2.30. The third kappa shape index (κ3) is 4.30. The molecule has 31 heavy (non-hydrogen) atoms. The Hall–Kier alpha value is -3.25. The number of aromatic nitrogens is 1.